The predicted molar refractivity (Wildman–Crippen MR) is 82.8 cm³/mol. The van der Waals surface area contributed by atoms with Crippen LogP contribution in [-0.2, 0) is 16.1 Å². The molecule has 2 aromatic rings. The van der Waals surface area contributed by atoms with Crippen molar-refractivity contribution in [2.45, 2.75) is 26.4 Å². The molecule has 0 saturated carbocycles. The summed E-state index contributed by atoms with van der Waals surface area (Å²) in [5, 5.41) is 2.90. The minimum absolute atomic E-state index is 0.00715. The largest absolute Gasteiger partial charge is 0.467 e. The number of rotatable bonds is 6. The zero-order valence-electron chi connectivity index (χ0n) is 12.8. The molecule has 1 aromatic carbocycles. The van der Waals surface area contributed by atoms with Crippen molar-refractivity contribution in [2.75, 3.05) is 6.54 Å². The highest BCUT2D eigenvalue weighted by molar-refractivity contribution is 5.83. The molecule has 5 heteroatoms. The molecule has 0 spiro atoms. The third-order valence-electron chi connectivity index (χ3n) is 3.38. The van der Waals surface area contributed by atoms with Crippen LogP contribution in [0.5, 0.6) is 0 Å². The fourth-order valence-corrected chi connectivity index (χ4v) is 2.15. The predicted octanol–water partition coefficient (Wildman–Crippen LogP) is 2.51. The lowest BCUT2D eigenvalue weighted by atomic mass is 10.1. The van der Waals surface area contributed by atoms with Crippen molar-refractivity contribution in [3.05, 3.63) is 60.1 Å². The van der Waals surface area contributed by atoms with Crippen LogP contribution in [-0.4, -0.2) is 23.3 Å². The maximum atomic E-state index is 12.1. The average Bonchev–Trinajstić information content (AvgIpc) is 3.00. The number of hydrogen-bond acceptors (Lipinski definition) is 3. The molecule has 1 aromatic heterocycles. The second kappa shape index (κ2) is 7.45. The van der Waals surface area contributed by atoms with E-state index in [1.807, 2.05) is 37.3 Å². The third-order valence-corrected chi connectivity index (χ3v) is 3.38. The van der Waals surface area contributed by atoms with E-state index in [0.29, 0.717) is 5.76 Å². The number of nitrogens with zero attached hydrogens (tertiary/aromatic N) is 1. The number of amides is 2. The highest BCUT2D eigenvalue weighted by Gasteiger charge is 2.17. The van der Waals surface area contributed by atoms with Gasteiger partial charge in [0, 0.05) is 6.92 Å². The van der Waals surface area contributed by atoms with Crippen molar-refractivity contribution >= 4 is 11.8 Å². The van der Waals surface area contributed by atoms with E-state index in [1.165, 1.54) is 11.8 Å². The average molecular weight is 300 g/mol. The highest BCUT2D eigenvalue weighted by atomic mass is 16.3. The molecule has 1 N–H and O–H groups in total. The van der Waals surface area contributed by atoms with Crippen molar-refractivity contribution < 1.29 is 14.0 Å². The van der Waals surface area contributed by atoms with Gasteiger partial charge in [-0.2, -0.15) is 0 Å². The number of hydrogen-bond donors (Lipinski definition) is 1. The molecule has 1 atom stereocenters. The highest BCUT2D eigenvalue weighted by Crippen LogP contribution is 2.11. The zero-order chi connectivity index (χ0) is 15.9. The first-order chi connectivity index (χ1) is 10.6. The lowest BCUT2D eigenvalue weighted by Gasteiger charge is -2.21. The van der Waals surface area contributed by atoms with Gasteiger partial charge in [-0.3, -0.25) is 9.59 Å². The van der Waals surface area contributed by atoms with Crippen LogP contribution in [0.25, 0.3) is 0 Å². The van der Waals surface area contributed by atoms with Crippen LogP contribution in [0, 0.1) is 0 Å². The van der Waals surface area contributed by atoms with Crippen LogP contribution in [0.2, 0.25) is 0 Å². The summed E-state index contributed by atoms with van der Waals surface area (Å²) in [6, 6.07) is 13.1. The van der Waals surface area contributed by atoms with Crippen molar-refractivity contribution in [3.8, 4) is 0 Å². The smallest absolute Gasteiger partial charge is 0.240 e. The van der Waals surface area contributed by atoms with Gasteiger partial charge < -0.3 is 14.6 Å². The molecule has 1 unspecified atom stereocenters. The Kier molecular flexibility index (Phi) is 5.36. The topological polar surface area (TPSA) is 62.6 Å². The van der Waals surface area contributed by atoms with Crippen molar-refractivity contribution in [1.82, 2.24) is 10.2 Å². The zero-order valence-corrected chi connectivity index (χ0v) is 12.8. The minimum atomic E-state index is -0.196. The fraction of sp³-hybridized carbons (Fsp3) is 0.294. The molecule has 0 aliphatic carbocycles. The van der Waals surface area contributed by atoms with Gasteiger partial charge in [0.25, 0.3) is 0 Å². The lowest BCUT2D eigenvalue weighted by molar-refractivity contribution is -0.135. The molecule has 0 aliphatic heterocycles. The Morgan fingerprint density at radius 2 is 1.91 bits per heavy atom. The van der Waals surface area contributed by atoms with Gasteiger partial charge in [0.2, 0.25) is 11.8 Å². The third kappa shape index (κ3) is 4.48. The van der Waals surface area contributed by atoms with E-state index in [1.54, 1.807) is 18.4 Å². The van der Waals surface area contributed by atoms with Crippen LogP contribution in [0.4, 0.5) is 0 Å². The Labute approximate surface area is 129 Å². The van der Waals surface area contributed by atoms with Gasteiger partial charge in [-0.25, -0.2) is 0 Å². The van der Waals surface area contributed by atoms with Crippen LogP contribution in [0.15, 0.2) is 53.1 Å². The quantitative estimate of drug-likeness (QED) is 0.891. The Morgan fingerprint density at radius 3 is 2.50 bits per heavy atom. The van der Waals surface area contributed by atoms with Crippen LogP contribution >= 0.6 is 0 Å². The second-order valence-corrected chi connectivity index (χ2v) is 5.15. The summed E-state index contributed by atoms with van der Waals surface area (Å²) in [6.45, 7) is 3.65. The molecule has 0 bridgehead atoms. The summed E-state index contributed by atoms with van der Waals surface area (Å²) >= 11 is 0. The molecule has 0 fully saturated rings. The molecule has 0 radical (unpaired) electrons. The summed E-state index contributed by atoms with van der Waals surface area (Å²) < 4.78 is 5.22. The number of carbonyl (C=O) groups excluding carboxylic acids is 2. The van der Waals surface area contributed by atoms with Gasteiger partial charge in [-0.05, 0) is 24.6 Å². The van der Waals surface area contributed by atoms with Crippen LogP contribution in [0.1, 0.15) is 31.2 Å². The summed E-state index contributed by atoms with van der Waals surface area (Å²) in [5.41, 5.74) is 1.02. The molecule has 22 heavy (non-hydrogen) atoms. The summed E-state index contributed by atoms with van der Waals surface area (Å²) in [4.78, 5) is 25.3. The second-order valence-electron chi connectivity index (χ2n) is 5.15. The number of nitrogens with one attached hydrogen (secondary N) is 1. The van der Waals surface area contributed by atoms with Gasteiger partial charge >= 0.3 is 0 Å². The molecular weight excluding hydrogens is 280 g/mol. The van der Waals surface area contributed by atoms with E-state index in [4.69, 9.17) is 4.42 Å². The van der Waals surface area contributed by atoms with E-state index < -0.39 is 0 Å². The molecule has 2 amide bonds. The Hall–Kier alpha value is -2.56. The van der Waals surface area contributed by atoms with Gasteiger partial charge in [0.05, 0.1) is 25.4 Å². The normalized spacial score (nSPS) is 11.7. The standard InChI is InChI=1S/C17H20N2O3/c1-13(15-7-4-3-5-8-15)18-17(21)12-19(14(2)20)11-16-9-6-10-22-16/h3-10,13H,11-12H2,1-2H3,(H,18,21). The van der Waals surface area contributed by atoms with Crippen LogP contribution in [0.3, 0.4) is 0 Å². The van der Waals surface area contributed by atoms with Gasteiger partial charge in [-0.1, -0.05) is 30.3 Å². The van der Waals surface area contributed by atoms with Crippen molar-refractivity contribution in [3.63, 3.8) is 0 Å². The molecule has 0 aliphatic rings. The van der Waals surface area contributed by atoms with Gasteiger partial charge in [0.1, 0.15) is 5.76 Å². The van der Waals surface area contributed by atoms with E-state index in [-0.39, 0.29) is 30.9 Å². The van der Waals surface area contributed by atoms with Crippen molar-refractivity contribution in [2.24, 2.45) is 0 Å². The van der Waals surface area contributed by atoms with E-state index in [0.717, 1.165) is 5.56 Å². The minimum Gasteiger partial charge on any atom is -0.467 e. The van der Waals surface area contributed by atoms with Gasteiger partial charge in [0.15, 0.2) is 0 Å². The molecule has 2 rings (SSSR count). The van der Waals surface area contributed by atoms with E-state index in [9.17, 15) is 9.59 Å². The molecule has 0 saturated heterocycles. The van der Waals surface area contributed by atoms with E-state index >= 15 is 0 Å². The first-order valence-electron chi connectivity index (χ1n) is 7.18. The fourth-order valence-electron chi connectivity index (χ4n) is 2.15. The van der Waals surface area contributed by atoms with E-state index in [2.05, 4.69) is 5.32 Å². The summed E-state index contributed by atoms with van der Waals surface area (Å²) in [6.07, 6.45) is 1.55. The molecule has 116 valence electrons. The molecular formula is C17H20N2O3. The summed E-state index contributed by atoms with van der Waals surface area (Å²) in [7, 11) is 0. The number of benzene rings is 1. The Morgan fingerprint density at radius 1 is 1.18 bits per heavy atom. The summed E-state index contributed by atoms with van der Waals surface area (Å²) in [5.74, 6) is 0.288. The number of furan rings is 1. The Bertz CT molecular complexity index is 608. The lowest BCUT2D eigenvalue weighted by Crippen LogP contribution is -2.40. The SMILES string of the molecule is CC(=O)N(CC(=O)NC(C)c1ccccc1)Cc1ccco1. The van der Waals surface area contributed by atoms with Crippen molar-refractivity contribution in [1.29, 1.82) is 0 Å². The molecule has 1 heterocycles. The maximum Gasteiger partial charge on any atom is 0.240 e. The Balaban J connectivity index is 1.92. The first-order valence-corrected chi connectivity index (χ1v) is 7.18. The maximum absolute atomic E-state index is 12.1. The van der Waals surface area contributed by atoms with Gasteiger partial charge in [-0.15, -0.1) is 0 Å². The van der Waals surface area contributed by atoms with Crippen LogP contribution < -0.4 is 5.32 Å². The monoisotopic (exact) mass is 300 g/mol. The first kappa shape index (κ1) is 15.8. The number of carbonyl (C=O) groups is 2. The molecule has 5 nitrogen and oxygen atoms in total.